The fourth-order valence-corrected chi connectivity index (χ4v) is 1.42. The van der Waals surface area contributed by atoms with Gasteiger partial charge in [0.2, 0.25) is 0 Å². The van der Waals surface area contributed by atoms with Crippen molar-refractivity contribution in [2.45, 2.75) is 13.3 Å². The lowest BCUT2D eigenvalue weighted by molar-refractivity contribution is 0.0992. The molecule has 3 nitrogen and oxygen atoms in total. The number of carbonyl (C=O) groups is 1. The first kappa shape index (κ1) is 10.5. The van der Waals surface area contributed by atoms with Crippen LogP contribution in [0.4, 0.5) is 0 Å². The molecule has 0 aromatic carbocycles. The van der Waals surface area contributed by atoms with Crippen LogP contribution in [-0.2, 0) is 6.42 Å². The zero-order chi connectivity index (χ0) is 11.4. The Hall–Kier alpha value is -2.03. The summed E-state index contributed by atoms with van der Waals surface area (Å²) >= 11 is 0. The van der Waals surface area contributed by atoms with Gasteiger partial charge in [-0.3, -0.25) is 14.8 Å². The molecule has 80 valence electrons. The second-order valence-corrected chi connectivity index (χ2v) is 3.65. The molecule has 16 heavy (non-hydrogen) atoms. The molecule has 0 unspecified atom stereocenters. The van der Waals surface area contributed by atoms with Gasteiger partial charge in [-0.15, -0.1) is 0 Å². The van der Waals surface area contributed by atoms with Crippen molar-refractivity contribution in [2.75, 3.05) is 0 Å². The third-order valence-electron chi connectivity index (χ3n) is 2.32. The summed E-state index contributed by atoms with van der Waals surface area (Å²) in [5.41, 5.74) is 2.49. The molecule has 0 bridgehead atoms. The number of pyridine rings is 2. The van der Waals surface area contributed by atoms with E-state index >= 15 is 0 Å². The molecule has 0 aliphatic carbocycles. The Morgan fingerprint density at radius 3 is 2.75 bits per heavy atom. The van der Waals surface area contributed by atoms with Crippen LogP contribution in [-0.4, -0.2) is 15.8 Å². The SMILES string of the molecule is Cc1ccc(C(=O)Cc2cccnc2)cn1. The van der Waals surface area contributed by atoms with Gasteiger partial charge in [-0.1, -0.05) is 6.07 Å². The fourth-order valence-electron chi connectivity index (χ4n) is 1.42. The van der Waals surface area contributed by atoms with E-state index < -0.39 is 0 Å². The van der Waals surface area contributed by atoms with Gasteiger partial charge in [-0.2, -0.15) is 0 Å². The summed E-state index contributed by atoms with van der Waals surface area (Å²) in [6.07, 6.45) is 5.40. The predicted molar refractivity (Wildman–Crippen MR) is 61.2 cm³/mol. The molecular formula is C13H12N2O. The Morgan fingerprint density at radius 2 is 2.12 bits per heavy atom. The molecule has 0 amide bonds. The van der Waals surface area contributed by atoms with Crippen LogP contribution in [0, 0.1) is 6.92 Å². The van der Waals surface area contributed by atoms with Crippen LogP contribution in [0.15, 0.2) is 42.9 Å². The van der Waals surface area contributed by atoms with Gasteiger partial charge in [-0.25, -0.2) is 0 Å². The van der Waals surface area contributed by atoms with Crippen LogP contribution in [0.25, 0.3) is 0 Å². The van der Waals surface area contributed by atoms with E-state index in [-0.39, 0.29) is 5.78 Å². The highest BCUT2D eigenvalue weighted by Gasteiger charge is 2.06. The summed E-state index contributed by atoms with van der Waals surface area (Å²) in [7, 11) is 0. The van der Waals surface area contributed by atoms with Crippen LogP contribution in [0.5, 0.6) is 0 Å². The lowest BCUT2D eigenvalue weighted by Gasteiger charge is -2.00. The van der Waals surface area contributed by atoms with Gasteiger partial charge in [0, 0.05) is 36.3 Å². The van der Waals surface area contributed by atoms with Crippen LogP contribution in [0.3, 0.4) is 0 Å². The van der Waals surface area contributed by atoms with Gasteiger partial charge in [-0.05, 0) is 30.7 Å². The molecular weight excluding hydrogens is 200 g/mol. The Labute approximate surface area is 94.2 Å². The van der Waals surface area contributed by atoms with E-state index in [0.29, 0.717) is 12.0 Å². The lowest BCUT2D eigenvalue weighted by atomic mass is 10.1. The van der Waals surface area contributed by atoms with Crippen LogP contribution in [0.2, 0.25) is 0 Å². The highest BCUT2D eigenvalue weighted by atomic mass is 16.1. The van der Waals surface area contributed by atoms with Gasteiger partial charge in [0.15, 0.2) is 5.78 Å². The highest BCUT2D eigenvalue weighted by molar-refractivity contribution is 5.97. The second-order valence-electron chi connectivity index (χ2n) is 3.65. The first-order valence-corrected chi connectivity index (χ1v) is 5.10. The van der Waals surface area contributed by atoms with Crippen molar-refractivity contribution in [2.24, 2.45) is 0 Å². The van der Waals surface area contributed by atoms with Crippen molar-refractivity contribution in [1.82, 2.24) is 9.97 Å². The average Bonchev–Trinajstić information content (AvgIpc) is 2.31. The van der Waals surface area contributed by atoms with Gasteiger partial charge in [0.1, 0.15) is 0 Å². The zero-order valence-corrected chi connectivity index (χ0v) is 9.05. The third kappa shape index (κ3) is 2.51. The van der Waals surface area contributed by atoms with Crippen molar-refractivity contribution < 1.29 is 4.79 Å². The Kier molecular flexibility index (Phi) is 3.05. The number of nitrogens with zero attached hydrogens (tertiary/aromatic N) is 2. The summed E-state index contributed by atoms with van der Waals surface area (Å²) in [6.45, 7) is 1.90. The maximum Gasteiger partial charge on any atom is 0.168 e. The molecule has 0 fully saturated rings. The largest absolute Gasteiger partial charge is 0.294 e. The monoisotopic (exact) mass is 212 g/mol. The second kappa shape index (κ2) is 4.66. The minimum Gasteiger partial charge on any atom is -0.294 e. The van der Waals surface area contributed by atoms with Crippen molar-refractivity contribution >= 4 is 5.78 Å². The molecule has 0 atom stereocenters. The normalized spacial score (nSPS) is 10.1. The number of aryl methyl sites for hydroxylation is 1. The van der Waals surface area contributed by atoms with Gasteiger partial charge < -0.3 is 0 Å². The maximum absolute atomic E-state index is 11.9. The van der Waals surface area contributed by atoms with E-state index in [9.17, 15) is 4.79 Å². The maximum atomic E-state index is 11.9. The molecule has 0 saturated carbocycles. The number of rotatable bonds is 3. The highest BCUT2D eigenvalue weighted by Crippen LogP contribution is 2.06. The van der Waals surface area contributed by atoms with E-state index in [2.05, 4.69) is 9.97 Å². The molecule has 0 spiro atoms. The predicted octanol–water partition coefficient (Wildman–Crippen LogP) is 2.21. The number of ketones is 1. The third-order valence-corrected chi connectivity index (χ3v) is 2.32. The molecule has 2 aromatic rings. The molecule has 2 aromatic heterocycles. The minimum atomic E-state index is 0.0699. The summed E-state index contributed by atoms with van der Waals surface area (Å²) in [5, 5.41) is 0. The first-order valence-electron chi connectivity index (χ1n) is 5.10. The number of hydrogen-bond acceptors (Lipinski definition) is 3. The van der Waals surface area contributed by atoms with E-state index in [1.807, 2.05) is 25.1 Å². The summed E-state index contributed by atoms with van der Waals surface area (Å²) in [4.78, 5) is 19.9. The van der Waals surface area contributed by atoms with E-state index in [1.54, 1.807) is 24.7 Å². The van der Waals surface area contributed by atoms with E-state index in [0.717, 1.165) is 11.3 Å². The molecule has 0 saturated heterocycles. The molecule has 2 heterocycles. The quantitative estimate of drug-likeness (QED) is 0.732. The summed E-state index contributed by atoms with van der Waals surface area (Å²) in [6, 6.07) is 7.38. The summed E-state index contributed by atoms with van der Waals surface area (Å²) < 4.78 is 0. The standard InChI is InChI=1S/C13H12N2O/c1-10-4-5-12(9-15-10)13(16)7-11-3-2-6-14-8-11/h2-6,8-9H,7H2,1H3. The van der Waals surface area contributed by atoms with Gasteiger partial charge >= 0.3 is 0 Å². The molecule has 3 heteroatoms. The Morgan fingerprint density at radius 1 is 1.25 bits per heavy atom. The lowest BCUT2D eigenvalue weighted by Crippen LogP contribution is -2.04. The zero-order valence-electron chi connectivity index (χ0n) is 9.05. The average molecular weight is 212 g/mol. The number of aromatic nitrogens is 2. The van der Waals surface area contributed by atoms with E-state index in [1.165, 1.54) is 0 Å². The van der Waals surface area contributed by atoms with Gasteiger partial charge in [0.25, 0.3) is 0 Å². The molecule has 0 N–H and O–H groups in total. The van der Waals surface area contributed by atoms with Crippen molar-refractivity contribution in [3.8, 4) is 0 Å². The summed E-state index contributed by atoms with van der Waals surface area (Å²) in [5.74, 6) is 0.0699. The van der Waals surface area contributed by atoms with Crippen molar-refractivity contribution in [3.05, 3.63) is 59.7 Å². The first-order chi connectivity index (χ1) is 7.75. The number of Topliss-reactive ketones (excluding diaryl/α,β-unsaturated/α-hetero) is 1. The fraction of sp³-hybridized carbons (Fsp3) is 0.154. The van der Waals surface area contributed by atoms with Crippen LogP contribution >= 0.6 is 0 Å². The van der Waals surface area contributed by atoms with Crippen molar-refractivity contribution in [1.29, 1.82) is 0 Å². The van der Waals surface area contributed by atoms with Gasteiger partial charge in [0.05, 0.1) is 0 Å². The molecule has 2 rings (SSSR count). The molecule has 0 aliphatic rings. The number of carbonyl (C=O) groups excluding carboxylic acids is 1. The smallest absolute Gasteiger partial charge is 0.168 e. The number of hydrogen-bond donors (Lipinski definition) is 0. The molecule has 0 radical (unpaired) electrons. The Bertz CT molecular complexity index is 477. The topological polar surface area (TPSA) is 42.9 Å². The van der Waals surface area contributed by atoms with Crippen molar-refractivity contribution in [3.63, 3.8) is 0 Å². The van der Waals surface area contributed by atoms with Crippen LogP contribution < -0.4 is 0 Å². The van der Waals surface area contributed by atoms with Crippen LogP contribution in [0.1, 0.15) is 21.6 Å². The molecule has 0 aliphatic heterocycles. The minimum absolute atomic E-state index is 0.0699. The van der Waals surface area contributed by atoms with E-state index in [4.69, 9.17) is 0 Å². The Balaban J connectivity index is 2.12.